The number of morpholine rings is 1. The molecule has 3 amide bonds. The van der Waals surface area contributed by atoms with E-state index in [1.807, 2.05) is 18.2 Å². The molecule has 7 rings (SSSR count). The molecule has 4 aromatic carbocycles. The molecule has 53 heavy (non-hydrogen) atoms. The zero-order chi connectivity index (χ0) is 37.1. The van der Waals surface area contributed by atoms with E-state index in [4.69, 9.17) is 16.3 Å². The Morgan fingerprint density at radius 1 is 0.925 bits per heavy atom. The molecule has 1 aromatic heterocycles. The Morgan fingerprint density at radius 2 is 1.66 bits per heavy atom. The predicted molar refractivity (Wildman–Crippen MR) is 192 cm³/mol. The van der Waals surface area contributed by atoms with Crippen LogP contribution in [-0.4, -0.2) is 91.7 Å². The first-order chi connectivity index (χ1) is 25.7. The number of nitrogens with one attached hydrogen (secondary N) is 1. The average Bonchev–Trinajstić information content (AvgIpc) is 3.73. The summed E-state index contributed by atoms with van der Waals surface area (Å²) in [6.45, 7) is 2.18. The second kappa shape index (κ2) is 15.2. The van der Waals surface area contributed by atoms with Gasteiger partial charge in [0.05, 0.1) is 29.5 Å². The Bertz CT molecular complexity index is 2220. The first-order valence-electron chi connectivity index (χ1n) is 16.6. The topological polar surface area (TPSA) is 160 Å². The van der Waals surface area contributed by atoms with Crippen LogP contribution in [0.1, 0.15) is 43.4 Å². The molecule has 2 aliphatic rings. The number of nitrogens with zero attached hydrogens (tertiary/aromatic N) is 6. The third-order valence-electron chi connectivity index (χ3n) is 9.19. The van der Waals surface area contributed by atoms with Gasteiger partial charge in [0.25, 0.3) is 11.8 Å². The largest absolute Gasteiger partial charge is 0.478 e. The molecule has 268 valence electrons. The van der Waals surface area contributed by atoms with Crippen LogP contribution in [0.15, 0.2) is 91.3 Å². The highest BCUT2D eigenvalue weighted by Gasteiger charge is 2.36. The van der Waals surface area contributed by atoms with E-state index in [1.165, 1.54) is 64.5 Å². The van der Waals surface area contributed by atoms with E-state index in [1.54, 1.807) is 29.2 Å². The summed E-state index contributed by atoms with van der Waals surface area (Å²) in [7, 11) is 0. The molecule has 13 nitrogen and oxygen atoms in total. The highest BCUT2D eigenvalue weighted by atomic mass is 35.5. The summed E-state index contributed by atoms with van der Waals surface area (Å²) in [6, 6.07) is 20.2. The second-order valence-corrected chi connectivity index (χ2v) is 12.7. The van der Waals surface area contributed by atoms with Gasteiger partial charge in [0, 0.05) is 42.5 Å². The van der Waals surface area contributed by atoms with Crippen molar-refractivity contribution in [2.24, 2.45) is 0 Å². The molecule has 2 N–H and O–H groups in total. The van der Waals surface area contributed by atoms with Crippen LogP contribution >= 0.6 is 11.6 Å². The van der Waals surface area contributed by atoms with Gasteiger partial charge in [-0.25, -0.2) is 9.18 Å². The van der Waals surface area contributed by atoms with Crippen LogP contribution in [0.4, 0.5) is 10.1 Å². The molecule has 0 saturated carbocycles. The van der Waals surface area contributed by atoms with Gasteiger partial charge in [0.1, 0.15) is 12.4 Å². The number of halogens is 2. The maximum absolute atomic E-state index is 15.3. The lowest BCUT2D eigenvalue weighted by Crippen LogP contribution is -2.45. The molecule has 1 fully saturated rings. The van der Waals surface area contributed by atoms with Crippen molar-refractivity contribution in [3.05, 3.63) is 130 Å². The van der Waals surface area contributed by atoms with Gasteiger partial charge < -0.3 is 25.0 Å². The zero-order valence-corrected chi connectivity index (χ0v) is 28.7. The molecule has 2 aliphatic heterocycles. The van der Waals surface area contributed by atoms with Gasteiger partial charge in [-0.05, 0) is 93.7 Å². The van der Waals surface area contributed by atoms with Crippen LogP contribution in [0.2, 0.25) is 5.02 Å². The number of aromatic nitrogens is 4. The first kappa shape index (κ1) is 35.2. The van der Waals surface area contributed by atoms with Crippen LogP contribution in [0.25, 0.3) is 22.9 Å². The monoisotopic (exact) mass is 735 g/mol. The van der Waals surface area contributed by atoms with Gasteiger partial charge in [0.15, 0.2) is 5.82 Å². The number of hydrogen-bond donors (Lipinski definition) is 2. The number of carbonyl (C=O) groups is 4. The summed E-state index contributed by atoms with van der Waals surface area (Å²) in [5.74, 6) is -3.08. The highest BCUT2D eigenvalue weighted by Crippen LogP contribution is 2.37. The normalized spacial score (nSPS) is 15.6. The predicted octanol–water partition coefficient (Wildman–Crippen LogP) is 5.07. The molecular formula is C38H31ClFN7O6. The molecule has 0 aliphatic carbocycles. The van der Waals surface area contributed by atoms with Crippen molar-refractivity contribution in [3.8, 4) is 16.8 Å². The van der Waals surface area contributed by atoms with Crippen LogP contribution in [0.5, 0.6) is 0 Å². The molecule has 0 spiro atoms. The van der Waals surface area contributed by atoms with Gasteiger partial charge in [0.2, 0.25) is 5.91 Å². The lowest BCUT2D eigenvalue weighted by molar-refractivity contribution is -0.135. The number of anilines is 1. The van der Waals surface area contributed by atoms with E-state index in [0.29, 0.717) is 49.5 Å². The molecule has 1 unspecified atom stereocenters. The minimum absolute atomic E-state index is 0.0343. The Hall–Kier alpha value is -6.25. The van der Waals surface area contributed by atoms with Gasteiger partial charge in [-0.15, -0.1) is 5.10 Å². The van der Waals surface area contributed by atoms with Crippen LogP contribution in [-0.2, 0) is 20.7 Å². The quantitative estimate of drug-likeness (QED) is 0.208. The fourth-order valence-corrected chi connectivity index (χ4v) is 6.71. The van der Waals surface area contributed by atoms with Crippen molar-refractivity contribution in [2.45, 2.75) is 12.5 Å². The molecule has 1 atom stereocenters. The Labute approximate surface area is 307 Å². The van der Waals surface area contributed by atoms with Crippen LogP contribution < -0.4 is 5.32 Å². The third-order valence-corrected chi connectivity index (χ3v) is 9.48. The summed E-state index contributed by atoms with van der Waals surface area (Å²) in [6.07, 6.45) is 4.10. The number of carboxylic acids is 1. The smallest absolute Gasteiger partial charge is 0.335 e. The molecule has 15 heteroatoms. The number of benzene rings is 4. The van der Waals surface area contributed by atoms with E-state index in [0.717, 1.165) is 16.7 Å². The van der Waals surface area contributed by atoms with Gasteiger partial charge in [-0.2, -0.15) is 4.68 Å². The number of rotatable bonds is 8. The number of carbonyl (C=O) groups excluding carboxylic acids is 3. The van der Waals surface area contributed by atoms with E-state index in [9.17, 15) is 24.3 Å². The summed E-state index contributed by atoms with van der Waals surface area (Å²) in [5, 5.41) is 23.0. The first-order valence-corrected chi connectivity index (χ1v) is 17.0. The van der Waals surface area contributed by atoms with E-state index >= 15 is 4.39 Å². The second-order valence-electron chi connectivity index (χ2n) is 12.3. The third kappa shape index (κ3) is 7.27. The number of ether oxygens (including phenoxy) is 1. The summed E-state index contributed by atoms with van der Waals surface area (Å²) < 4.78 is 21.9. The fraction of sp³-hybridized carbons (Fsp3) is 0.184. The number of tetrazole rings is 1. The standard InChI is InChI=1S/C38H31ClFN7O6/c39-31-13-14-32(47-22-41-43-44-47)30(34(31)40)12-15-33(48)46-17-16-28-27(23-4-6-24(7-5-23)37(50)45-18-20-53-21-19-45)2-1-3-29(28)35(46)36(49)42-26-10-8-25(9-11-26)38(51)52/h1-15,22,35H,16-21H2,(H,42,49)(H,51,52). The van der Waals surface area contributed by atoms with Crippen molar-refractivity contribution in [3.63, 3.8) is 0 Å². The average molecular weight is 736 g/mol. The van der Waals surface area contributed by atoms with Crippen LogP contribution in [0, 0.1) is 5.82 Å². The van der Waals surface area contributed by atoms with Gasteiger partial charge in [-0.1, -0.05) is 41.9 Å². The van der Waals surface area contributed by atoms with Crippen molar-refractivity contribution in [2.75, 3.05) is 38.2 Å². The van der Waals surface area contributed by atoms with Crippen molar-refractivity contribution >= 4 is 47.1 Å². The van der Waals surface area contributed by atoms with Crippen molar-refractivity contribution in [1.82, 2.24) is 30.0 Å². The van der Waals surface area contributed by atoms with E-state index in [2.05, 4.69) is 20.8 Å². The van der Waals surface area contributed by atoms with E-state index < -0.39 is 29.6 Å². The minimum Gasteiger partial charge on any atom is -0.478 e. The highest BCUT2D eigenvalue weighted by molar-refractivity contribution is 6.31. The van der Waals surface area contributed by atoms with Crippen LogP contribution in [0.3, 0.4) is 0 Å². The number of hydrogen-bond acceptors (Lipinski definition) is 8. The maximum atomic E-state index is 15.3. The summed E-state index contributed by atoms with van der Waals surface area (Å²) in [5.41, 5.74) is 4.22. The van der Waals surface area contributed by atoms with Crippen molar-refractivity contribution < 1.29 is 33.4 Å². The Balaban J connectivity index is 1.22. The molecule has 0 bridgehead atoms. The lowest BCUT2D eigenvalue weighted by atomic mass is 9.85. The fourth-order valence-electron chi connectivity index (χ4n) is 6.54. The zero-order valence-electron chi connectivity index (χ0n) is 28.0. The summed E-state index contributed by atoms with van der Waals surface area (Å²) >= 11 is 6.09. The van der Waals surface area contributed by atoms with Crippen molar-refractivity contribution in [1.29, 1.82) is 0 Å². The summed E-state index contributed by atoms with van der Waals surface area (Å²) in [4.78, 5) is 55.8. The van der Waals surface area contributed by atoms with Gasteiger partial charge >= 0.3 is 5.97 Å². The number of carboxylic acid groups (broad SMARTS) is 1. The maximum Gasteiger partial charge on any atom is 0.335 e. The molecule has 1 saturated heterocycles. The SMILES string of the molecule is O=C(O)c1ccc(NC(=O)C2c3cccc(-c4ccc(C(=O)N5CCOCC5)cc4)c3CCN2C(=O)C=Cc2c(-n3cnnn3)ccc(Cl)c2F)cc1. The number of amides is 3. The molecular weight excluding hydrogens is 705 g/mol. The lowest BCUT2D eigenvalue weighted by Gasteiger charge is -2.37. The molecule has 3 heterocycles. The molecule has 0 radical (unpaired) electrons. The number of aromatic carboxylic acids is 1. The van der Waals surface area contributed by atoms with Gasteiger partial charge in [-0.3, -0.25) is 14.4 Å². The Kier molecular flexibility index (Phi) is 10.1. The molecule has 5 aromatic rings. The van der Waals surface area contributed by atoms with E-state index in [-0.39, 0.29) is 34.3 Å². The number of fused-ring (bicyclic) bond motifs is 1. The minimum atomic E-state index is -1.12. The Morgan fingerprint density at radius 3 is 2.36 bits per heavy atom.